The number of hydrogen-bond acceptors (Lipinski definition) is 3. The molecule has 0 N–H and O–H groups in total. The van der Waals surface area contributed by atoms with E-state index < -0.39 is 0 Å². The standard InChI is InChI=1S/C8H14BrNO2S/c1-13-6-8(11)10-2-3-12-7(4-9)5-10/h7H,2-6H2,1H3. The molecule has 1 aliphatic rings. The van der Waals surface area contributed by atoms with Gasteiger partial charge in [-0.1, -0.05) is 15.9 Å². The zero-order chi connectivity index (χ0) is 9.68. The third kappa shape index (κ3) is 3.48. The maximum atomic E-state index is 11.5. The van der Waals surface area contributed by atoms with E-state index in [-0.39, 0.29) is 12.0 Å². The summed E-state index contributed by atoms with van der Waals surface area (Å²) >= 11 is 4.93. The van der Waals surface area contributed by atoms with Crippen molar-refractivity contribution in [2.24, 2.45) is 0 Å². The van der Waals surface area contributed by atoms with Gasteiger partial charge in [-0.15, -0.1) is 0 Å². The quantitative estimate of drug-likeness (QED) is 0.714. The second-order valence-corrected chi connectivity index (χ2v) is 4.43. The zero-order valence-electron chi connectivity index (χ0n) is 7.66. The summed E-state index contributed by atoms with van der Waals surface area (Å²) in [5, 5.41) is 0.802. The lowest BCUT2D eigenvalue weighted by Gasteiger charge is -2.32. The number of halogens is 1. The van der Waals surface area contributed by atoms with Gasteiger partial charge in [0.05, 0.1) is 18.5 Å². The molecule has 0 radical (unpaired) electrons. The molecule has 0 aliphatic carbocycles. The minimum Gasteiger partial charge on any atom is -0.374 e. The molecule has 1 aliphatic heterocycles. The molecule has 0 spiro atoms. The molecule has 1 amide bonds. The van der Waals surface area contributed by atoms with E-state index in [0.717, 1.165) is 18.4 Å². The number of ether oxygens (including phenoxy) is 1. The first-order valence-electron chi connectivity index (χ1n) is 4.22. The number of nitrogens with zero attached hydrogens (tertiary/aromatic N) is 1. The number of rotatable bonds is 3. The fourth-order valence-electron chi connectivity index (χ4n) is 1.25. The van der Waals surface area contributed by atoms with Crippen LogP contribution in [0.4, 0.5) is 0 Å². The third-order valence-corrected chi connectivity index (χ3v) is 3.19. The van der Waals surface area contributed by atoms with Gasteiger partial charge in [0.15, 0.2) is 0 Å². The minimum absolute atomic E-state index is 0.166. The average molecular weight is 268 g/mol. The molecule has 1 fully saturated rings. The second-order valence-electron chi connectivity index (χ2n) is 2.92. The summed E-state index contributed by atoms with van der Waals surface area (Å²) in [5.41, 5.74) is 0. The molecule has 5 heteroatoms. The highest BCUT2D eigenvalue weighted by molar-refractivity contribution is 9.09. The van der Waals surface area contributed by atoms with Crippen molar-refractivity contribution >= 4 is 33.6 Å². The van der Waals surface area contributed by atoms with Crippen LogP contribution in [0.1, 0.15) is 0 Å². The molecule has 0 saturated carbocycles. The predicted molar refractivity (Wildman–Crippen MR) is 58.5 cm³/mol. The number of carbonyl (C=O) groups excluding carboxylic acids is 1. The van der Waals surface area contributed by atoms with Gasteiger partial charge < -0.3 is 9.64 Å². The Hall–Kier alpha value is 0.260. The van der Waals surface area contributed by atoms with Crippen molar-refractivity contribution in [2.45, 2.75) is 6.10 Å². The third-order valence-electron chi connectivity index (χ3n) is 1.93. The van der Waals surface area contributed by atoms with Gasteiger partial charge in [0.25, 0.3) is 0 Å². The highest BCUT2D eigenvalue weighted by atomic mass is 79.9. The van der Waals surface area contributed by atoms with Crippen LogP contribution in [0, 0.1) is 0 Å². The number of morpholine rings is 1. The lowest BCUT2D eigenvalue weighted by atomic mass is 10.3. The molecule has 1 atom stereocenters. The van der Waals surface area contributed by atoms with Crippen LogP contribution in [0.25, 0.3) is 0 Å². The SMILES string of the molecule is CSCC(=O)N1CCOC(CBr)C1. The zero-order valence-corrected chi connectivity index (χ0v) is 10.1. The van der Waals surface area contributed by atoms with Gasteiger partial charge in [-0.05, 0) is 6.26 Å². The van der Waals surface area contributed by atoms with Crippen molar-refractivity contribution in [3.63, 3.8) is 0 Å². The number of alkyl halides is 1. The van der Waals surface area contributed by atoms with Crippen molar-refractivity contribution in [3.8, 4) is 0 Å². The highest BCUT2D eigenvalue weighted by Crippen LogP contribution is 2.09. The molecule has 76 valence electrons. The normalized spacial score (nSPS) is 23.2. The molecule has 0 aromatic carbocycles. The van der Waals surface area contributed by atoms with Crippen molar-refractivity contribution in [3.05, 3.63) is 0 Å². The van der Waals surface area contributed by atoms with Crippen molar-refractivity contribution < 1.29 is 9.53 Å². The van der Waals surface area contributed by atoms with E-state index in [4.69, 9.17) is 4.74 Å². The summed E-state index contributed by atoms with van der Waals surface area (Å²) < 4.78 is 5.44. The summed E-state index contributed by atoms with van der Waals surface area (Å²) in [6, 6.07) is 0. The van der Waals surface area contributed by atoms with Gasteiger partial charge in [0, 0.05) is 18.4 Å². The second kappa shape index (κ2) is 5.88. The van der Waals surface area contributed by atoms with E-state index >= 15 is 0 Å². The Labute approximate surface area is 91.3 Å². The lowest BCUT2D eigenvalue weighted by Crippen LogP contribution is -2.46. The van der Waals surface area contributed by atoms with E-state index in [1.165, 1.54) is 0 Å². The molecule has 3 nitrogen and oxygen atoms in total. The molecule has 0 bridgehead atoms. The molecule has 13 heavy (non-hydrogen) atoms. The monoisotopic (exact) mass is 267 g/mol. The average Bonchev–Trinajstić information content (AvgIpc) is 2.18. The van der Waals surface area contributed by atoms with Gasteiger partial charge in [0.1, 0.15) is 0 Å². The molecule has 0 aromatic heterocycles. The number of hydrogen-bond donors (Lipinski definition) is 0. The first-order chi connectivity index (χ1) is 6.27. The Bertz CT molecular complexity index is 180. The summed E-state index contributed by atoms with van der Waals surface area (Å²) in [5.74, 6) is 0.802. The first-order valence-corrected chi connectivity index (χ1v) is 6.73. The van der Waals surface area contributed by atoms with Gasteiger partial charge in [0.2, 0.25) is 5.91 Å². The molecule has 0 aromatic rings. The largest absolute Gasteiger partial charge is 0.374 e. The Morgan fingerprint density at radius 2 is 2.54 bits per heavy atom. The van der Waals surface area contributed by atoms with Crippen LogP contribution in [0.15, 0.2) is 0 Å². The van der Waals surface area contributed by atoms with E-state index in [2.05, 4.69) is 15.9 Å². The number of amides is 1. The Morgan fingerprint density at radius 3 is 3.15 bits per heavy atom. The van der Waals surface area contributed by atoms with Gasteiger partial charge >= 0.3 is 0 Å². The van der Waals surface area contributed by atoms with Crippen molar-refractivity contribution in [1.29, 1.82) is 0 Å². The molecule has 1 heterocycles. The summed E-state index contributed by atoms with van der Waals surface area (Å²) in [4.78, 5) is 13.4. The van der Waals surface area contributed by atoms with Crippen LogP contribution < -0.4 is 0 Å². The highest BCUT2D eigenvalue weighted by Gasteiger charge is 2.22. The summed E-state index contributed by atoms with van der Waals surface area (Å²) in [6.45, 7) is 2.13. The smallest absolute Gasteiger partial charge is 0.232 e. The molecule has 1 rings (SSSR count). The predicted octanol–water partition coefficient (Wildman–Crippen LogP) is 0.972. The van der Waals surface area contributed by atoms with E-state index in [9.17, 15) is 4.79 Å². The lowest BCUT2D eigenvalue weighted by molar-refractivity contribution is -0.135. The number of thioether (sulfide) groups is 1. The van der Waals surface area contributed by atoms with E-state index in [1.807, 2.05) is 11.2 Å². The minimum atomic E-state index is 0.166. The van der Waals surface area contributed by atoms with Crippen LogP contribution in [0.5, 0.6) is 0 Å². The summed E-state index contributed by atoms with van der Waals surface area (Å²) in [7, 11) is 0. The van der Waals surface area contributed by atoms with Crippen molar-refractivity contribution in [1.82, 2.24) is 4.90 Å². The maximum Gasteiger partial charge on any atom is 0.232 e. The molecule has 1 unspecified atom stereocenters. The van der Waals surface area contributed by atoms with Crippen LogP contribution >= 0.6 is 27.7 Å². The van der Waals surface area contributed by atoms with Gasteiger partial charge in [-0.3, -0.25) is 4.79 Å². The van der Waals surface area contributed by atoms with Crippen LogP contribution in [0.2, 0.25) is 0 Å². The topological polar surface area (TPSA) is 29.5 Å². The maximum absolute atomic E-state index is 11.5. The molecular weight excluding hydrogens is 254 g/mol. The fourth-order valence-corrected chi connectivity index (χ4v) is 2.08. The molecular formula is C8H14BrNO2S. The fraction of sp³-hybridized carbons (Fsp3) is 0.875. The Morgan fingerprint density at radius 1 is 1.77 bits per heavy atom. The van der Waals surface area contributed by atoms with Crippen LogP contribution in [-0.2, 0) is 9.53 Å². The first kappa shape index (κ1) is 11.3. The van der Waals surface area contributed by atoms with Crippen molar-refractivity contribution in [2.75, 3.05) is 37.0 Å². The summed E-state index contributed by atoms with van der Waals surface area (Å²) in [6.07, 6.45) is 2.11. The Balaban J connectivity index is 2.37. The number of carbonyl (C=O) groups is 1. The Kier molecular flexibility index (Phi) is 5.13. The van der Waals surface area contributed by atoms with Crippen LogP contribution in [-0.4, -0.2) is 53.9 Å². The van der Waals surface area contributed by atoms with Gasteiger partial charge in [-0.2, -0.15) is 11.8 Å². The van der Waals surface area contributed by atoms with E-state index in [0.29, 0.717) is 12.4 Å². The van der Waals surface area contributed by atoms with E-state index in [1.54, 1.807) is 11.8 Å². The molecule has 1 saturated heterocycles. The van der Waals surface area contributed by atoms with Gasteiger partial charge in [-0.25, -0.2) is 0 Å². The van der Waals surface area contributed by atoms with Crippen LogP contribution in [0.3, 0.4) is 0 Å².